The average molecular weight is 558 g/mol. The number of halogens is 2. The summed E-state index contributed by atoms with van der Waals surface area (Å²) in [6.07, 6.45) is -0.439. The number of pyridine rings is 1. The number of amides is 1. The molecule has 1 aromatic carbocycles. The average Bonchev–Trinajstić information content (AvgIpc) is 3.54. The highest BCUT2D eigenvalue weighted by molar-refractivity contribution is 7.17. The highest BCUT2D eigenvalue weighted by Crippen LogP contribution is 2.35. The Morgan fingerprint density at radius 1 is 1.05 bits per heavy atom. The first-order valence-corrected chi connectivity index (χ1v) is 13.8. The third-order valence-electron chi connectivity index (χ3n) is 6.29. The number of hydrogen-bond acceptors (Lipinski definition) is 7. The van der Waals surface area contributed by atoms with Crippen LogP contribution in [0.5, 0.6) is 0 Å². The summed E-state index contributed by atoms with van der Waals surface area (Å²) in [5, 5.41) is 1.43. The van der Waals surface area contributed by atoms with Gasteiger partial charge in [0.15, 0.2) is 5.13 Å². The van der Waals surface area contributed by atoms with Gasteiger partial charge in [-0.15, -0.1) is 22.7 Å². The van der Waals surface area contributed by atoms with Crippen LogP contribution in [0, 0.1) is 10.9 Å². The minimum Gasteiger partial charge on any atom is -0.459 e. The van der Waals surface area contributed by atoms with Crippen molar-refractivity contribution in [1.82, 2.24) is 9.47 Å². The number of nitrogens with zero attached hydrogens (tertiary/aromatic N) is 3. The second kappa shape index (κ2) is 10.7. The number of fused-ring (bicyclic) bond motifs is 1. The van der Waals surface area contributed by atoms with Crippen LogP contribution in [0.3, 0.4) is 0 Å². The fourth-order valence-electron chi connectivity index (χ4n) is 4.60. The summed E-state index contributed by atoms with van der Waals surface area (Å²) >= 11 is 2.21. The van der Waals surface area contributed by atoms with Gasteiger partial charge in [0.2, 0.25) is 0 Å². The van der Waals surface area contributed by atoms with Gasteiger partial charge in [-0.3, -0.25) is 9.59 Å². The van der Waals surface area contributed by atoms with Gasteiger partial charge in [-0.1, -0.05) is 12.1 Å². The van der Waals surface area contributed by atoms with Crippen molar-refractivity contribution < 1.29 is 23.1 Å². The van der Waals surface area contributed by atoms with Crippen molar-refractivity contribution in [3.05, 3.63) is 85.2 Å². The van der Waals surface area contributed by atoms with Crippen molar-refractivity contribution >= 4 is 50.5 Å². The number of rotatable bonds is 6. The Kier molecular flexibility index (Phi) is 7.31. The van der Waals surface area contributed by atoms with Crippen LogP contribution in [0.15, 0.2) is 52.6 Å². The maximum atomic E-state index is 13.9. The third-order valence-corrected chi connectivity index (χ3v) is 8.06. The predicted octanol–water partition coefficient (Wildman–Crippen LogP) is 4.98. The Balaban J connectivity index is 1.54. The van der Waals surface area contributed by atoms with Crippen LogP contribution < -0.4 is 10.5 Å². The van der Waals surface area contributed by atoms with E-state index in [1.165, 1.54) is 40.2 Å². The Morgan fingerprint density at radius 3 is 2.47 bits per heavy atom. The molecule has 38 heavy (non-hydrogen) atoms. The summed E-state index contributed by atoms with van der Waals surface area (Å²) in [6.45, 7) is 4.96. The van der Waals surface area contributed by atoms with Crippen molar-refractivity contribution in [3.8, 4) is 0 Å². The lowest BCUT2D eigenvalue weighted by atomic mass is 10.1. The number of benzene rings is 1. The van der Waals surface area contributed by atoms with E-state index < -0.39 is 28.6 Å². The smallest absolute Gasteiger partial charge is 0.346 e. The number of anilines is 1. The number of aromatic nitrogens is 1. The zero-order chi connectivity index (χ0) is 27.0. The summed E-state index contributed by atoms with van der Waals surface area (Å²) in [5.74, 6) is -1.38. The lowest BCUT2D eigenvalue weighted by Crippen LogP contribution is -2.49. The first kappa shape index (κ1) is 26.1. The number of thiophene rings is 2. The van der Waals surface area contributed by atoms with Gasteiger partial charge in [-0.05, 0) is 55.1 Å². The maximum Gasteiger partial charge on any atom is 0.346 e. The molecule has 1 aliphatic heterocycles. The molecule has 1 amide bonds. The monoisotopic (exact) mass is 557 g/mol. The third kappa shape index (κ3) is 5.08. The summed E-state index contributed by atoms with van der Waals surface area (Å²) in [6, 6.07) is 10.6. The predicted molar refractivity (Wildman–Crippen MR) is 145 cm³/mol. The zero-order valence-electron chi connectivity index (χ0n) is 20.8. The normalized spacial score (nSPS) is 13.9. The minimum absolute atomic E-state index is 0.0786. The molecule has 0 N–H and O–H groups in total. The Hall–Kier alpha value is -3.57. The summed E-state index contributed by atoms with van der Waals surface area (Å²) in [5.41, 5.74) is 1.11. The number of ether oxygens (including phenoxy) is 1. The van der Waals surface area contributed by atoms with E-state index in [9.17, 15) is 23.2 Å². The molecule has 1 aliphatic rings. The van der Waals surface area contributed by atoms with Crippen molar-refractivity contribution in [1.29, 1.82) is 0 Å². The zero-order valence-corrected chi connectivity index (χ0v) is 22.4. The molecule has 0 aliphatic carbocycles. The van der Waals surface area contributed by atoms with Crippen LogP contribution in [-0.4, -0.2) is 53.6 Å². The minimum atomic E-state index is -0.726. The molecule has 5 rings (SSSR count). The number of hydrogen-bond donors (Lipinski definition) is 0. The van der Waals surface area contributed by atoms with E-state index in [1.807, 2.05) is 16.3 Å². The first-order valence-electron chi connectivity index (χ1n) is 12.1. The first-order chi connectivity index (χ1) is 18.2. The molecule has 0 saturated carbocycles. The van der Waals surface area contributed by atoms with E-state index in [0.29, 0.717) is 47.8 Å². The largest absolute Gasteiger partial charge is 0.459 e. The van der Waals surface area contributed by atoms with Gasteiger partial charge in [-0.2, -0.15) is 4.39 Å². The van der Waals surface area contributed by atoms with Crippen LogP contribution in [0.1, 0.15) is 39.4 Å². The van der Waals surface area contributed by atoms with E-state index in [4.69, 9.17) is 4.74 Å². The quantitative estimate of drug-likeness (QED) is 0.313. The standard InChI is InChI=1S/C27H25F2N3O4S2/c1-16(2)36-27(35)22-23(30-9-11-31(12-10-30)25(33)20-6-7-21(29)38-20)24-19(8-13-37-24)32(26(22)34)15-17-4-3-5-18(28)14-17/h3-8,13-14,16H,9-12,15H2,1-2H3. The SMILES string of the molecule is CC(C)OC(=O)c1c(N2CCN(C(=O)c3ccc(F)s3)CC2)c2sccc2n(Cc2cccc(F)c2)c1=O. The molecule has 7 nitrogen and oxygen atoms in total. The van der Waals surface area contributed by atoms with Gasteiger partial charge in [0.25, 0.3) is 11.5 Å². The van der Waals surface area contributed by atoms with Gasteiger partial charge in [0.1, 0.15) is 11.4 Å². The lowest BCUT2D eigenvalue weighted by Gasteiger charge is -2.37. The van der Waals surface area contributed by atoms with Crippen molar-refractivity contribution in [3.63, 3.8) is 0 Å². The molecule has 1 saturated heterocycles. The molecule has 0 radical (unpaired) electrons. The summed E-state index contributed by atoms with van der Waals surface area (Å²) in [7, 11) is 0. The van der Waals surface area contributed by atoms with E-state index in [2.05, 4.69) is 0 Å². The van der Waals surface area contributed by atoms with Gasteiger partial charge in [0.05, 0.1) is 33.4 Å². The molecule has 198 valence electrons. The molecule has 0 bridgehead atoms. The van der Waals surface area contributed by atoms with Crippen molar-refractivity contribution in [2.45, 2.75) is 26.5 Å². The number of carbonyl (C=O) groups is 2. The van der Waals surface area contributed by atoms with E-state index in [-0.39, 0.29) is 18.0 Å². The molecule has 0 atom stereocenters. The number of esters is 1. The molecule has 4 heterocycles. The van der Waals surface area contributed by atoms with Crippen molar-refractivity contribution in [2.24, 2.45) is 0 Å². The topological polar surface area (TPSA) is 71.8 Å². The van der Waals surface area contributed by atoms with Gasteiger partial charge >= 0.3 is 5.97 Å². The number of piperazine rings is 1. The van der Waals surface area contributed by atoms with E-state index >= 15 is 0 Å². The van der Waals surface area contributed by atoms with E-state index in [0.717, 1.165) is 16.0 Å². The fourth-order valence-corrected chi connectivity index (χ4v) is 6.28. The van der Waals surface area contributed by atoms with Crippen LogP contribution >= 0.6 is 22.7 Å². The molecule has 11 heteroatoms. The highest BCUT2D eigenvalue weighted by Gasteiger charge is 2.31. The Morgan fingerprint density at radius 2 is 1.82 bits per heavy atom. The van der Waals surface area contributed by atoms with Gasteiger partial charge in [-0.25, -0.2) is 9.18 Å². The van der Waals surface area contributed by atoms with Crippen LogP contribution in [0.4, 0.5) is 14.5 Å². The molecule has 3 aromatic heterocycles. The Labute approximate surface area is 225 Å². The maximum absolute atomic E-state index is 13.9. The second-order valence-electron chi connectivity index (χ2n) is 9.22. The van der Waals surface area contributed by atoms with Gasteiger partial charge < -0.3 is 19.1 Å². The summed E-state index contributed by atoms with van der Waals surface area (Å²) < 4.78 is 35.0. The lowest BCUT2D eigenvalue weighted by molar-refractivity contribution is 0.0375. The fraction of sp³-hybridized carbons (Fsp3) is 0.296. The molecule has 0 unspecified atom stereocenters. The number of carbonyl (C=O) groups excluding carboxylic acids is 2. The summed E-state index contributed by atoms with van der Waals surface area (Å²) in [4.78, 5) is 43.9. The van der Waals surface area contributed by atoms with Crippen LogP contribution in [-0.2, 0) is 11.3 Å². The molecular weight excluding hydrogens is 532 g/mol. The van der Waals surface area contributed by atoms with E-state index in [1.54, 1.807) is 30.9 Å². The molecule has 0 spiro atoms. The van der Waals surface area contributed by atoms with Crippen molar-refractivity contribution in [2.75, 3.05) is 31.1 Å². The van der Waals surface area contributed by atoms with Crippen LogP contribution in [0.25, 0.3) is 10.2 Å². The molecule has 1 fully saturated rings. The highest BCUT2D eigenvalue weighted by atomic mass is 32.1. The molecular formula is C27H25F2N3O4S2. The Bertz CT molecular complexity index is 1570. The van der Waals surface area contributed by atoms with Crippen LogP contribution in [0.2, 0.25) is 0 Å². The van der Waals surface area contributed by atoms with Gasteiger partial charge in [0, 0.05) is 26.2 Å². The second-order valence-corrected chi connectivity index (χ2v) is 11.2. The molecule has 4 aromatic rings.